The molecule has 1 N–H and O–H groups in total. The SMILES string of the molecule is CCCN(C)C1=NS(=O)ON1. The normalized spacial score (nSPS) is 22.7. The van der Waals surface area contributed by atoms with Crippen LogP contribution in [0.25, 0.3) is 0 Å². The van der Waals surface area contributed by atoms with Gasteiger partial charge in [0.15, 0.2) is 0 Å². The van der Waals surface area contributed by atoms with Gasteiger partial charge < -0.3 is 4.90 Å². The minimum atomic E-state index is -1.54. The number of nitrogens with one attached hydrogen (secondary N) is 1. The summed E-state index contributed by atoms with van der Waals surface area (Å²) in [7, 11) is 1.86. The Morgan fingerprint density at radius 3 is 3.00 bits per heavy atom. The van der Waals surface area contributed by atoms with Crippen molar-refractivity contribution in [1.29, 1.82) is 0 Å². The van der Waals surface area contributed by atoms with E-state index in [9.17, 15) is 4.21 Å². The molecule has 0 saturated heterocycles. The first-order chi connectivity index (χ1) is 5.24. The summed E-state index contributed by atoms with van der Waals surface area (Å²) >= 11 is -1.54. The second-order valence-corrected chi connectivity index (χ2v) is 3.02. The van der Waals surface area contributed by atoms with E-state index in [0.717, 1.165) is 13.0 Å². The van der Waals surface area contributed by atoms with E-state index in [0.29, 0.717) is 5.96 Å². The maximum absolute atomic E-state index is 10.6. The van der Waals surface area contributed by atoms with Crippen LogP contribution in [-0.2, 0) is 15.6 Å². The van der Waals surface area contributed by atoms with Crippen LogP contribution in [0.15, 0.2) is 4.40 Å². The van der Waals surface area contributed by atoms with E-state index in [4.69, 9.17) is 0 Å². The highest BCUT2D eigenvalue weighted by Gasteiger charge is 2.15. The predicted molar refractivity (Wildman–Crippen MR) is 42.7 cm³/mol. The van der Waals surface area contributed by atoms with Crippen LogP contribution >= 0.6 is 0 Å². The quantitative estimate of drug-likeness (QED) is 0.634. The molecule has 5 nitrogen and oxygen atoms in total. The first kappa shape index (κ1) is 8.48. The second-order valence-electron chi connectivity index (χ2n) is 2.24. The molecule has 1 aliphatic heterocycles. The van der Waals surface area contributed by atoms with Crippen LogP contribution in [0.2, 0.25) is 0 Å². The van der Waals surface area contributed by atoms with E-state index in [2.05, 4.69) is 21.1 Å². The summed E-state index contributed by atoms with van der Waals surface area (Å²) in [6.45, 7) is 2.93. The Kier molecular flexibility index (Phi) is 2.84. The van der Waals surface area contributed by atoms with Gasteiger partial charge >= 0.3 is 11.3 Å². The molecule has 6 heteroatoms. The summed E-state index contributed by atoms with van der Waals surface area (Å²) in [6, 6.07) is 0. The molecule has 0 aromatic heterocycles. The van der Waals surface area contributed by atoms with Crippen LogP contribution in [0.1, 0.15) is 13.3 Å². The van der Waals surface area contributed by atoms with Crippen LogP contribution in [0, 0.1) is 0 Å². The molecule has 1 aliphatic rings. The monoisotopic (exact) mass is 177 g/mol. The van der Waals surface area contributed by atoms with Crippen LogP contribution in [0.3, 0.4) is 0 Å². The molecule has 11 heavy (non-hydrogen) atoms. The lowest BCUT2D eigenvalue weighted by Gasteiger charge is -2.15. The van der Waals surface area contributed by atoms with Gasteiger partial charge in [0.05, 0.1) is 0 Å². The molecule has 64 valence electrons. The third kappa shape index (κ3) is 2.16. The van der Waals surface area contributed by atoms with Gasteiger partial charge in [-0.05, 0) is 6.42 Å². The number of hydrogen-bond acceptors (Lipinski definition) is 4. The van der Waals surface area contributed by atoms with E-state index in [1.807, 2.05) is 11.9 Å². The highest BCUT2D eigenvalue weighted by Crippen LogP contribution is 1.98. The number of guanidine groups is 1. The van der Waals surface area contributed by atoms with Crippen molar-refractivity contribution in [2.24, 2.45) is 4.40 Å². The number of rotatable bonds is 2. The van der Waals surface area contributed by atoms with Crippen LogP contribution in [0.4, 0.5) is 0 Å². The Bertz CT molecular complexity index is 194. The smallest absolute Gasteiger partial charge is 0.310 e. The largest absolute Gasteiger partial charge is 0.343 e. The van der Waals surface area contributed by atoms with Gasteiger partial charge in [0.1, 0.15) is 0 Å². The molecule has 0 fully saturated rings. The van der Waals surface area contributed by atoms with Gasteiger partial charge in [-0.2, -0.15) is 4.28 Å². The van der Waals surface area contributed by atoms with Crippen LogP contribution < -0.4 is 5.48 Å². The van der Waals surface area contributed by atoms with Gasteiger partial charge in [0.2, 0.25) is 5.96 Å². The number of hydroxylamine groups is 1. The highest BCUT2D eigenvalue weighted by molar-refractivity contribution is 7.79. The molecule has 1 atom stereocenters. The maximum atomic E-state index is 10.6. The lowest BCUT2D eigenvalue weighted by Crippen LogP contribution is -2.35. The Morgan fingerprint density at radius 2 is 2.55 bits per heavy atom. The Hall–Kier alpha value is -0.620. The van der Waals surface area contributed by atoms with E-state index in [1.54, 1.807) is 0 Å². The van der Waals surface area contributed by atoms with Gasteiger partial charge in [0, 0.05) is 13.6 Å². The third-order valence-corrected chi connectivity index (χ3v) is 1.83. The van der Waals surface area contributed by atoms with Gasteiger partial charge in [-0.3, -0.25) is 0 Å². The van der Waals surface area contributed by atoms with Crippen molar-refractivity contribution < 1.29 is 8.49 Å². The Labute approximate surface area is 68.2 Å². The summed E-state index contributed by atoms with van der Waals surface area (Å²) in [5.74, 6) is 0.533. The lowest BCUT2D eigenvalue weighted by molar-refractivity contribution is 0.284. The summed E-state index contributed by atoms with van der Waals surface area (Å²) < 4.78 is 18.8. The van der Waals surface area contributed by atoms with E-state index >= 15 is 0 Å². The fourth-order valence-corrected chi connectivity index (χ4v) is 1.27. The van der Waals surface area contributed by atoms with Gasteiger partial charge in [-0.15, -0.1) is 4.40 Å². The second kappa shape index (κ2) is 3.68. The first-order valence-electron chi connectivity index (χ1n) is 3.39. The molecule has 1 unspecified atom stereocenters. The third-order valence-electron chi connectivity index (χ3n) is 1.29. The first-order valence-corrected chi connectivity index (χ1v) is 4.42. The van der Waals surface area contributed by atoms with Gasteiger partial charge in [-0.25, -0.2) is 9.69 Å². The molecule has 0 saturated carbocycles. The fourth-order valence-electron chi connectivity index (χ4n) is 0.770. The average Bonchev–Trinajstić information content (AvgIpc) is 2.36. The summed E-state index contributed by atoms with van der Waals surface area (Å²) in [5.41, 5.74) is 2.47. The zero-order valence-electron chi connectivity index (χ0n) is 6.53. The highest BCUT2D eigenvalue weighted by atomic mass is 32.2. The topological polar surface area (TPSA) is 53.9 Å². The molecule has 1 rings (SSSR count). The van der Waals surface area contributed by atoms with E-state index in [-0.39, 0.29) is 0 Å². The maximum Gasteiger partial charge on any atom is 0.310 e. The van der Waals surface area contributed by atoms with Crippen molar-refractivity contribution in [1.82, 2.24) is 10.4 Å². The minimum absolute atomic E-state index is 0.533. The molecule has 0 aliphatic carbocycles. The molecular weight excluding hydrogens is 166 g/mol. The summed E-state index contributed by atoms with van der Waals surface area (Å²) in [4.78, 5) is 1.85. The molecule has 0 bridgehead atoms. The fraction of sp³-hybridized carbons (Fsp3) is 0.800. The number of hydrogen-bond donors (Lipinski definition) is 1. The molecular formula is C5H11N3O2S. The van der Waals surface area contributed by atoms with Gasteiger partial charge in [0.25, 0.3) is 0 Å². The van der Waals surface area contributed by atoms with E-state index in [1.165, 1.54) is 0 Å². The minimum Gasteiger partial charge on any atom is -0.343 e. The molecule has 0 aromatic carbocycles. The summed E-state index contributed by atoms with van der Waals surface area (Å²) in [5, 5.41) is 0. The molecule has 1 heterocycles. The zero-order chi connectivity index (χ0) is 8.27. The van der Waals surface area contributed by atoms with Crippen molar-refractivity contribution in [3.63, 3.8) is 0 Å². The van der Waals surface area contributed by atoms with Crippen molar-refractivity contribution in [2.75, 3.05) is 13.6 Å². The standard InChI is InChI=1S/C5H11N3O2S/c1-3-4-8(2)5-6-10-11(9)7-5/h3-4H2,1-2H3,(H,6,7). The Balaban J connectivity index is 2.47. The molecule has 0 amide bonds. The number of nitrogens with zero attached hydrogens (tertiary/aromatic N) is 2. The van der Waals surface area contributed by atoms with Crippen LogP contribution in [0.5, 0.6) is 0 Å². The van der Waals surface area contributed by atoms with Crippen molar-refractivity contribution in [2.45, 2.75) is 13.3 Å². The molecule has 0 spiro atoms. The van der Waals surface area contributed by atoms with Crippen molar-refractivity contribution in [3.05, 3.63) is 0 Å². The Morgan fingerprint density at radius 1 is 1.82 bits per heavy atom. The molecule has 0 radical (unpaired) electrons. The predicted octanol–water partition coefficient (Wildman–Crippen LogP) is -0.202. The average molecular weight is 177 g/mol. The lowest BCUT2D eigenvalue weighted by atomic mass is 10.4. The molecule has 0 aromatic rings. The van der Waals surface area contributed by atoms with E-state index < -0.39 is 11.3 Å². The van der Waals surface area contributed by atoms with Crippen molar-refractivity contribution in [3.8, 4) is 0 Å². The zero-order valence-corrected chi connectivity index (χ0v) is 7.35. The van der Waals surface area contributed by atoms with Gasteiger partial charge in [-0.1, -0.05) is 6.92 Å². The van der Waals surface area contributed by atoms with Crippen LogP contribution in [-0.4, -0.2) is 28.7 Å². The van der Waals surface area contributed by atoms with Crippen molar-refractivity contribution >= 4 is 17.2 Å². The summed E-state index contributed by atoms with van der Waals surface area (Å²) in [6.07, 6.45) is 1.02.